The van der Waals surface area contributed by atoms with E-state index in [4.69, 9.17) is 9.84 Å². The molecule has 144 valence electrons. The first kappa shape index (κ1) is 23.4. The van der Waals surface area contributed by atoms with Crippen LogP contribution < -0.4 is 0 Å². The molecule has 25 heavy (non-hydrogen) atoms. The fourth-order valence-corrected chi connectivity index (χ4v) is 3.03. The van der Waals surface area contributed by atoms with E-state index in [9.17, 15) is 9.59 Å². The van der Waals surface area contributed by atoms with Crippen LogP contribution in [0.15, 0.2) is 5.38 Å². The number of carboxylic acid groups (broad SMARTS) is 1. The third-order valence-electron chi connectivity index (χ3n) is 3.37. The second kappa shape index (κ2) is 10.4. The molecule has 0 spiro atoms. The number of ether oxygens (including phenoxy) is 1. The van der Waals surface area contributed by atoms with Crippen molar-refractivity contribution in [3.8, 4) is 0 Å². The largest absolute Gasteiger partial charge is 0.476 e. The van der Waals surface area contributed by atoms with Crippen molar-refractivity contribution in [2.45, 2.75) is 73.0 Å². The van der Waals surface area contributed by atoms with Gasteiger partial charge in [-0.1, -0.05) is 27.7 Å². The maximum Gasteiger partial charge on any atom is 0.410 e. The molecule has 0 saturated carbocycles. The van der Waals surface area contributed by atoms with Gasteiger partial charge < -0.3 is 14.7 Å². The first-order valence-electron chi connectivity index (χ1n) is 8.64. The number of hydrogen-bond donors (Lipinski definition) is 1. The third-order valence-corrected chi connectivity index (χ3v) is 4.28. The van der Waals surface area contributed by atoms with Gasteiger partial charge in [-0.2, -0.15) is 0 Å². The Kier molecular flexibility index (Phi) is 9.70. The molecule has 0 bridgehead atoms. The van der Waals surface area contributed by atoms with Crippen LogP contribution in [0.5, 0.6) is 0 Å². The van der Waals surface area contributed by atoms with E-state index in [0.29, 0.717) is 12.8 Å². The zero-order chi connectivity index (χ0) is 19.8. The van der Waals surface area contributed by atoms with Crippen LogP contribution in [0.3, 0.4) is 0 Å². The summed E-state index contributed by atoms with van der Waals surface area (Å²) in [4.78, 5) is 28.8. The molecule has 7 heteroatoms. The van der Waals surface area contributed by atoms with E-state index in [1.54, 1.807) is 17.3 Å². The summed E-state index contributed by atoms with van der Waals surface area (Å²) in [7, 11) is 1.74. The number of carbonyl (C=O) groups is 2. The maximum atomic E-state index is 12.2. The summed E-state index contributed by atoms with van der Waals surface area (Å²) in [5.41, 5.74) is -0.454. The Hall–Kier alpha value is -1.63. The number of hydrogen-bond acceptors (Lipinski definition) is 5. The number of rotatable bonds is 6. The Morgan fingerprint density at radius 1 is 1.32 bits per heavy atom. The molecule has 0 aliphatic rings. The van der Waals surface area contributed by atoms with Crippen molar-refractivity contribution in [1.29, 1.82) is 0 Å². The molecule has 1 unspecified atom stereocenters. The average molecular weight is 373 g/mol. The van der Waals surface area contributed by atoms with Gasteiger partial charge in [0.05, 0.1) is 5.01 Å². The number of aryl methyl sites for hydroxylation is 1. The number of carbonyl (C=O) groups excluding carboxylic acids is 1. The summed E-state index contributed by atoms with van der Waals surface area (Å²) in [5.74, 6) is -0.759. The van der Waals surface area contributed by atoms with Crippen LogP contribution in [0.25, 0.3) is 0 Å². The predicted octanol–water partition coefficient (Wildman–Crippen LogP) is 4.69. The summed E-state index contributed by atoms with van der Waals surface area (Å²) in [6, 6.07) is 0.00188. The molecule has 0 fully saturated rings. The van der Waals surface area contributed by atoms with Crippen LogP contribution in [0.1, 0.15) is 70.4 Å². The summed E-state index contributed by atoms with van der Waals surface area (Å²) >= 11 is 1.34. The minimum atomic E-state index is -1.02. The van der Waals surface area contributed by atoms with Crippen LogP contribution in [0.4, 0.5) is 4.79 Å². The molecule has 1 N–H and O–H groups in total. The van der Waals surface area contributed by atoms with Gasteiger partial charge in [0.15, 0.2) is 5.69 Å². The Balaban J connectivity index is 0.00000277. The molecule has 1 heterocycles. The fraction of sp³-hybridized carbons (Fsp3) is 0.722. The van der Waals surface area contributed by atoms with Crippen molar-refractivity contribution in [1.82, 2.24) is 9.88 Å². The molecular weight excluding hydrogens is 340 g/mol. The van der Waals surface area contributed by atoms with Crippen LogP contribution in [-0.4, -0.2) is 45.7 Å². The topological polar surface area (TPSA) is 79.7 Å². The van der Waals surface area contributed by atoms with Gasteiger partial charge in [0.2, 0.25) is 0 Å². The van der Waals surface area contributed by atoms with E-state index in [0.717, 1.165) is 5.01 Å². The predicted molar refractivity (Wildman–Crippen MR) is 101 cm³/mol. The van der Waals surface area contributed by atoms with Crippen LogP contribution in [0.2, 0.25) is 0 Å². The van der Waals surface area contributed by atoms with Crippen molar-refractivity contribution in [2.24, 2.45) is 5.92 Å². The monoisotopic (exact) mass is 372 g/mol. The molecule has 1 atom stereocenters. The number of amides is 1. The SMILES string of the molecule is CC.CC(C)C(CCc1nc(C(=O)O)cs1)N(C)C(=O)OC(C)(C)C. The smallest absolute Gasteiger partial charge is 0.410 e. The zero-order valence-electron chi connectivity index (χ0n) is 16.6. The number of carboxylic acids is 1. The van der Waals surface area contributed by atoms with Crippen molar-refractivity contribution in [3.63, 3.8) is 0 Å². The van der Waals surface area contributed by atoms with Crippen LogP contribution in [-0.2, 0) is 11.2 Å². The lowest BCUT2D eigenvalue weighted by atomic mass is 9.98. The van der Waals surface area contributed by atoms with Gasteiger partial charge in [-0.3, -0.25) is 0 Å². The third kappa shape index (κ3) is 8.34. The average Bonchev–Trinajstić information content (AvgIpc) is 2.96. The van der Waals surface area contributed by atoms with Crippen molar-refractivity contribution >= 4 is 23.4 Å². The van der Waals surface area contributed by atoms with Gasteiger partial charge in [-0.25, -0.2) is 14.6 Å². The maximum absolute atomic E-state index is 12.2. The number of aromatic nitrogens is 1. The molecule has 1 aromatic rings. The molecule has 0 aliphatic carbocycles. The number of nitrogens with zero attached hydrogens (tertiary/aromatic N) is 2. The molecule has 0 aromatic carbocycles. The highest BCUT2D eigenvalue weighted by Gasteiger charge is 2.27. The van der Waals surface area contributed by atoms with Gasteiger partial charge in [0.1, 0.15) is 5.60 Å². The van der Waals surface area contributed by atoms with E-state index in [2.05, 4.69) is 18.8 Å². The molecular formula is C18H32N2O4S. The van der Waals surface area contributed by atoms with E-state index in [1.807, 2.05) is 34.6 Å². The van der Waals surface area contributed by atoms with Gasteiger partial charge in [-0.15, -0.1) is 11.3 Å². The first-order valence-corrected chi connectivity index (χ1v) is 9.52. The minimum absolute atomic E-state index is 0.00188. The normalized spacial score (nSPS) is 12.2. The second-order valence-electron chi connectivity index (χ2n) is 6.87. The Labute approximate surface area is 155 Å². The fourth-order valence-electron chi connectivity index (χ4n) is 2.24. The van der Waals surface area contributed by atoms with Gasteiger partial charge >= 0.3 is 12.1 Å². The summed E-state index contributed by atoms with van der Waals surface area (Å²) < 4.78 is 5.41. The summed E-state index contributed by atoms with van der Waals surface area (Å²) in [6.07, 6.45) is 0.995. The Morgan fingerprint density at radius 2 is 1.88 bits per heavy atom. The van der Waals surface area contributed by atoms with Crippen molar-refractivity contribution in [2.75, 3.05) is 7.05 Å². The van der Waals surface area contributed by atoms with Gasteiger partial charge in [-0.05, 0) is 33.1 Å². The van der Waals surface area contributed by atoms with E-state index < -0.39 is 11.6 Å². The Bertz CT molecular complexity index is 550. The van der Waals surface area contributed by atoms with Gasteiger partial charge in [0, 0.05) is 24.9 Å². The Morgan fingerprint density at radius 3 is 2.28 bits per heavy atom. The quantitative estimate of drug-likeness (QED) is 0.783. The highest BCUT2D eigenvalue weighted by Crippen LogP contribution is 2.20. The van der Waals surface area contributed by atoms with E-state index in [-0.39, 0.29) is 23.7 Å². The lowest BCUT2D eigenvalue weighted by Crippen LogP contribution is -2.43. The van der Waals surface area contributed by atoms with Crippen molar-refractivity contribution in [3.05, 3.63) is 16.1 Å². The molecule has 0 radical (unpaired) electrons. The van der Waals surface area contributed by atoms with E-state index in [1.165, 1.54) is 11.3 Å². The van der Waals surface area contributed by atoms with Crippen molar-refractivity contribution < 1.29 is 19.4 Å². The summed E-state index contributed by atoms with van der Waals surface area (Å²) in [5, 5.41) is 11.2. The molecule has 1 rings (SSSR count). The standard InChI is InChI=1S/C16H26N2O4S.C2H6/c1-10(2)12(18(6)15(21)22-16(3,4)5)7-8-13-17-11(9-23-13)14(19)20;1-2/h9-10,12H,7-8H2,1-6H3,(H,19,20);1-2H3. The number of aromatic carboxylic acids is 1. The second-order valence-corrected chi connectivity index (χ2v) is 7.82. The highest BCUT2D eigenvalue weighted by atomic mass is 32.1. The lowest BCUT2D eigenvalue weighted by molar-refractivity contribution is 0.0170. The molecule has 1 aromatic heterocycles. The minimum Gasteiger partial charge on any atom is -0.476 e. The van der Waals surface area contributed by atoms with E-state index >= 15 is 0 Å². The highest BCUT2D eigenvalue weighted by molar-refractivity contribution is 7.09. The van der Waals surface area contributed by atoms with Crippen LogP contribution in [0, 0.1) is 5.92 Å². The summed E-state index contributed by atoms with van der Waals surface area (Å²) in [6.45, 7) is 13.6. The number of thiazole rings is 1. The first-order chi connectivity index (χ1) is 11.5. The molecule has 1 amide bonds. The molecule has 0 saturated heterocycles. The zero-order valence-corrected chi connectivity index (χ0v) is 17.4. The molecule has 0 aliphatic heterocycles. The molecule has 6 nitrogen and oxygen atoms in total. The van der Waals surface area contributed by atoms with Crippen LogP contribution >= 0.6 is 11.3 Å². The van der Waals surface area contributed by atoms with Gasteiger partial charge in [0.25, 0.3) is 0 Å². The lowest BCUT2D eigenvalue weighted by Gasteiger charge is -2.33.